The molecule has 2 aromatic carbocycles. The maximum atomic E-state index is 12.6. The quantitative estimate of drug-likeness (QED) is 0.508. The highest BCUT2D eigenvalue weighted by Crippen LogP contribution is 2.16. The van der Waals surface area contributed by atoms with Crippen LogP contribution in [0.15, 0.2) is 59.5 Å². The highest BCUT2D eigenvalue weighted by atomic mass is 32.2. The van der Waals surface area contributed by atoms with E-state index in [9.17, 15) is 18.0 Å². The van der Waals surface area contributed by atoms with Crippen molar-refractivity contribution >= 4 is 33.5 Å². The summed E-state index contributed by atoms with van der Waals surface area (Å²) in [6.07, 6.45) is 0. The molecule has 0 saturated heterocycles. The summed E-state index contributed by atoms with van der Waals surface area (Å²) in [6, 6.07) is 14.2. The lowest BCUT2D eigenvalue weighted by Gasteiger charge is -2.16. The molecule has 0 spiro atoms. The zero-order valence-corrected chi connectivity index (χ0v) is 16.7. The maximum Gasteiger partial charge on any atom is 0.324 e. The number of thioether (sulfide) groups is 1. The van der Waals surface area contributed by atoms with E-state index in [-0.39, 0.29) is 16.4 Å². The number of ketones is 1. The standard InChI is InChI=1S/C19H21NO5S2/c1-14(21)16-8-10-17(11-9-16)27(23,24)20-18(19(22)25-2)13-26-12-15-6-4-3-5-7-15/h3-11,18,20H,12-13H2,1-2H3. The number of benzene rings is 2. The molecule has 0 saturated carbocycles. The molecule has 8 heteroatoms. The first kappa shape index (κ1) is 21.1. The molecule has 0 aliphatic heterocycles. The Morgan fingerprint density at radius 1 is 1.07 bits per heavy atom. The second-order valence-electron chi connectivity index (χ2n) is 5.78. The number of nitrogens with one attached hydrogen (secondary N) is 1. The van der Waals surface area contributed by atoms with E-state index in [4.69, 9.17) is 4.74 Å². The van der Waals surface area contributed by atoms with E-state index < -0.39 is 22.0 Å². The molecule has 2 rings (SSSR count). The van der Waals surface area contributed by atoms with Crippen LogP contribution in [0.25, 0.3) is 0 Å². The number of sulfonamides is 1. The molecule has 1 atom stereocenters. The fourth-order valence-corrected chi connectivity index (χ4v) is 4.58. The summed E-state index contributed by atoms with van der Waals surface area (Å²) in [5.74, 6) is 0.0616. The smallest absolute Gasteiger partial charge is 0.324 e. The molecule has 0 amide bonds. The lowest BCUT2D eigenvalue weighted by atomic mass is 10.2. The maximum absolute atomic E-state index is 12.6. The summed E-state index contributed by atoms with van der Waals surface area (Å²) < 4.78 is 32.2. The van der Waals surface area contributed by atoms with E-state index in [2.05, 4.69) is 4.72 Å². The summed E-state index contributed by atoms with van der Waals surface area (Å²) in [5, 5.41) is 0. The number of carbonyl (C=O) groups excluding carboxylic acids is 2. The molecule has 0 radical (unpaired) electrons. The predicted molar refractivity (Wildman–Crippen MR) is 105 cm³/mol. The summed E-state index contributed by atoms with van der Waals surface area (Å²) in [5.41, 5.74) is 1.49. The minimum absolute atomic E-state index is 0.0190. The lowest BCUT2D eigenvalue weighted by molar-refractivity contribution is -0.141. The van der Waals surface area contributed by atoms with Gasteiger partial charge in [-0.05, 0) is 24.6 Å². The number of ether oxygens (including phenoxy) is 1. The predicted octanol–water partition coefficient (Wildman–Crippen LogP) is 2.64. The van der Waals surface area contributed by atoms with Gasteiger partial charge >= 0.3 is 5.97 Å². The molecular weight excluding hydrogens is 386 g/mol. The first-order chi connectivity index (χ1) is 12.8. The third kappa shape index (κ3) is 6.20. The molecule has 0 aromatic heterocycles. The molecule has 1 N–H and O–H groups in total. The minimum Gasteiger partial charge on any atom is -0.468 e. The zero-order valence-electron chi connectivity index (χ0n) is 15.0. The zero-order chi connectivity index (χ0) is 19.9. The van der Waals surface area contributed by atoms with Crippen LogP contribution in [0.1, 0.15) is 22.8 Å². The Morgan fingerprint density at radius 2 is 1.70 bits per heavy atom. The van der Waals surface area contributed by atoms with Crippen LogP contribution in [0, 0.1) is 0 Å². The number of methoxy groups -OCH3 is 1. The third-order valence-electron chi connectivity index (χ3n) is 3.75. The summed E-state index contributed by atoms with van der Waals surface area (Å²) in [4.78, 5) is 23.3. The van der Waals surface area contributed by atoms with Crippen LogP contribution >= 0.6 is 11.8 Å². The Labute approximate surface area is 163 Å². The average Bonchev–Trinajstić information content (AvgIpc) is 2.67. The van der Waals surface area contributed by atoms with Crippen LogP contribution in [-0.4, -0.2) is 39.1 Å². The van der Waals surface area contributed by atoms with E-state index in [1.54, 1.807) is 0 Å². The average molecular weight is 408 g/mol. The van der Waals surface area contributed by atoms with Crippen LogP contribution in [0.2, 0.25) is 0 Å². The Kier molecular flexibility index (Phi) is 7.58. The van der Waals surface area contributed by atoms with Crippen LogP contribution in [-0.2, 0) is 25.3 Å². The van der Waals surface area contributed by atoms with Crippen LogP contribution in [0.3, 0.4) is 0 Å². The van der Waals surface area contributed by atoms with Gasteiger partial charge in [0.25, 0.3) is 0 Å². The molecule has 144 valence electrons. The van der Waals surface area contributed by atoms with E-state index in [1.165, 1.54) is 50.1 Å². The van der Waals surface area contributed by atoms with Gasteiger partial charge in [0.2, 0.25) is 10.0 Å². The number of hydrogen-bond acceptors (Lipinski definition) is 6. The van der Waals surface area contributed by atoms with Gasteiger partial charge in [-0.15, -0.1) is 0 Å². The number of Topliss-reactive ketones (excluding diaryl/α,β-unsaturated/α-hetero) is 1. The third-order valence-corrected chi connectivity index (χ3v) is 6.34. The highest BCUT2D eigenvalue weighted by molar-refractivity contribution is 7.98. The minimum atomic E-state index is -3.93. The van der Waals surface area contributed by atoms with Gasteiger partial charge in [0.1, 0.15) is 6.04 Å². The van der Waals surface area contributed by atoms with Crippen molar-refractivity contribution in [1.29, 1.82) is 0 Å². The normalized spacial score (nSPS) is 12.4. The van der Waals surface area contributed by atoms with Gasteiger partial charge in [-0.2, -0.15) is 16.5 Å². The summed E-state index contributed by atoms with van der Waals surface area (Å²) in [7, 11) is -2.71. The van der Waals surface area contributed by atoms with Gasteiger partial charge in [-0.25, -0.2) is 8.42 Å². The number of rotatable bonds is 9. The van der Waals surface area contributed by atoms with E-state index >= 15 is 0 Å². The first-order valence-electron chi connectivity index (χ1n) is 8.16. The Hall–Kier alpha value is -2.16. The van der Waals surface area contributed by atoms with Gasteiger partial charge < -0.3 is 4.74 Å². The lowest BCUT2D eigenvalue weighted by Crippen LogP contribution is -2.43. The first-order valence-corrected chi connectivity index (χ1v) is 10.8. The molecule has 0 bridgehead atoms. The Morgan fingerprint density at radius 3 is 2.26 bits per heavy atom. The molecule has 27 heavy (non-hydrogen) atoms. The van der Waals surface area contributed by atoms with Crippen molar-refractivity contribution in [2.75, 3.05) is 12.9 Å². The molecular formula is C19H21NO5S2. The summed E-state index contributed by atoms with van der Waals surface area (Å²) in [6.45, 7) is 1.40. The van der Waals surface area contributed by atoms with Crippen LogP contribution < -0.4 is 4.72 Å². The fourth-order valence-electron chi connectivity index (χ4n) is 2.29. The second kappa shape index (κ2) is 9.68. The van der Waals surface area contributed by atoms with Crippen LogP contribution in [0.4, 0.5) is 0 Å². The van der Waals surface area contributed by atoms with Crippen molar-refractivity contribution in [3.8, 4) is 0 Å². The Balaban J connectivity index is 2.07. The van der Waals surface area contributed by atoms with Gasteiger partial charge in [0.05, 0.1) is 12.0 Å². The second-order valence-corrected chi connectivity index (χ2v) is 8.52. The fraction of sp³-hybridized carbons (Fsp3) is 0.263. The highest BCUT2D eigenvalue weighted by Gasteiger charge is 2.26. The van der Waals surface area contributed by atoms with Gasteiger partial charge in [-0.1, -0.05) is 42.5 Å². The summed E-state index contributed by atoms with van der Waals surface area (Å²) >= 11 is 1.43. The molecule has 1 unspecified atom stereocenters. The van der Waals surface area contributed by atoms with Crippen molar-refractivity contribution in [2.24, 2.45) is 0 Å². The van der Waals surface area contributed by atoms with Gasteiger partial charge in [0, 0.05) is 17.1 Å². The van der Waals surface area contributed by atoms with Crippen molar-refractivity contribution in [1.82, 2.24) is 4.72 Å². The molecule has 0 aliphatic rings. The van der Waals surface area contributed by atoms with E-state index in [1.807, 2.05) is 30.3 Å². The van der Waals surface area contributed by atoms with E-state index in [0.29, 0.717) is 11.3 Å². The van der Waals surface area contributed by atoms with Gasteiger partial charge in [-0.3, -0.25) is 9.59 Å². The van der Waals surface area contributed by atoms with Crippen molar-refractivity contribution in [3.63, 3.8) is 0 Å². The molecule has 6 nitrogen and oxygen atoms in total. The molecule has 0 aliphatic carbocycles. The topological polar surface area (TPSA) is 89.5 Å². The Bertz CT molecular complexity index is 880. The molecule has 2 aromatic rings. The molecule has 0 heterocycles. The number of esters is 1. The monoisotopic (exact) mass is 407 g/mol. The van der Waals surface area contributed by atoms with E-state index in [0.717, 1.165) is 5.56 Å². The van der Waals surface area contributed by atoms with Crippen molar-refractivity contribution in [3.05, 3.63) is 65.7 Å². The molecule has 0 fully saturated rings. The largest absolute Gasteiger partial charge is 0.468 e. The van der Waals surface area contributed by atoms with Gasteiger partial charge in [0.15, 0.2) is 5.78 Å². The van der Waals surface area contributed by atoms with Crippen molar-refractivity contribution in [2.45, 2.75) is 23.6 Å². The van der Waals surface area contributed by atoms with Crippen molar-refractivity contribution < 1.29 is 22.7 Å². The van der Waals surface area contributed by atoms with Crippen LogP contribution in [0.5, 0.6) is 0 Å². The number of hydrogen-bond donors (Lipinski definition) is 1. The SMILES string of the molecule is COC(=O)C(CSCc1ccccc1)NS(=O)(=O)c1ccc(C(C)=O)cc1. The number of carbonyl (C=O) groups is 2.